The number of aromatic carboxylic acids is 1. The Morgan fingerprint density at radius 2 is 1.93 bits per heavy atom. The summed E-state index contributed by atoms with van der Waals surface area (Å²) >= 11 is 15.0. The van der Waals surface area contributed by atoms with Gasteiger partial charge in [-0.1, -0.05) is 29.3 Å². The summed E-state index contributed by atoms with van der Waals surface area (Å²) in [6.45, 7) is -1.40. The van der Waals surface area contributed by atoms with Crippen LogP contribution in [0.1, 0.15) is 10.5 Å². The third kappa shape index (κ3) is 4.14. The molecule has 4 nitrogen and oxygen atoms in total. The Kier molecular flexibility index (Phi) is 6.22. The van der Waals surface area contributed by atoms with Gasteiger partial charge in [0.1, 0.15) is 17.4 Å². The van der Waals surface area contributed by atoms with E-state index < -0.39 is 30.2 Å². The number of nitrogens with zero attached hydrogens (tertiary/aromatic N) is 1. The van der Waals surface area contributed by atoms with Gasteiger partial charge < -0.3 is 9.76 Å². The van der Waals surface area contributed by atoms with Crippen molar-refractivity contribution in [3.8, 4) is 5.75 Å². The van der Waals surface area contributed by atoms with Crippen molar-refractivity contribution in [1.29, 1.82) is 0 Å². The van der Waals surface area contributed by atoms with Gasteiger partial charge in [0.05, 0.1) is 4.47 Å². The van der Waals surface area contributed by atoms with E-state index in [9.17, 15) is 18.7 Å². The molecule has 3 rings (SSSR count). The van der Waals surface area contributed by atoms with Crippen molar-refractivity contribution in [2.75, 3.05) is 0 Å². The number of hydrogen-bond acceptors (Lipinski definition) is 3. The summed E-state index contributed by atoms with van der Waals surface area (Å²) in [5, 5.41) is 9.43. The van der Waals surface area contributed by atoms with Crippen LogP contribution >= 0.6 is 39.1 Å². The van der Waals surface area contributed by atoms with Crippen molar-refractivity contribution >= 4 is 62.9 Å². The number of rotatable bonds is 5. The van der Waals surface area contributed by atoms with Crippen LogP contribution in [0, 0.1) is 11.6 Å². The molecule has 0 radical (unpaired) electrons. The Hall–Kier alpha value is -2.16. The highest BCUT2D eigenvalue weighted by Gasteiger charge is 2.34. The lowest BCUT2D eigenvalue weighted by Gasteiger charge is -2.20. The van der Waals surface area contributed by atoms with Gasteiger partial charge in [0.15, 0.2) is 5.69 Å². The van der Waals surface area contributed by atoms with E-state index in [0.29, 0.717) is 0 Å². The van der Waals surface area contributed by atoms with Gasteiger partial charge in [-0.2, -0.15) is 0 Å². The first-order chi connectivity index (χ1) is 13.3. The minimum atomic E-state index is -1.40. The van der Waals surface area contributed by atoms with E-state index in [2.05, 4.69) is 20.9 Å². The molecule has 142 valence electrons. The molecule has 3 aromatic rings. The summed E-state index contributed by atoms with van der Waals surface area (Å²) in [5.74, 6) is -3.07. The molecule has 1 aromatic heterocycles. The molecule has 0 unspecified atom stereocenters. The normalized spacial score (nSPS) is 10.6. The number of carboxylic acid groups (broad SMARTS) is 1. The molecule has 1 heterocycles. The van der Waals surface area contributed by atoms with E-state index in [1.807, 2.05) is 0 Å². The van der Waals surface area contributed by atoms with Crippen LogP contribution in [0.2, 0.25) is 10.0 Å². The van der Waals surface area contributed by atoms with Crippen molar-refractivity contribution < 1.29 is 23.3 Å². The summed E-state index contributed by atoms with van der Waals surface area (Å²) in [7, 11) is 0. The summed E-state index contributed by atoms with van der Waals surface area (Å²) in [6.07, 6.45) is 1.26. The number of carbonyl (C=O) groups is 1. The van der Waals surface area contributed by atoms with Crippen molar-refractivity contribution in [1.82, 2.24) is 4.98 Å². The first-order valence-electron chi connectivity index (χ1n) is 7.73. The molecule has 0 saturated heterocycles. The summed E-state index contributed by atoms with van der Waals surface area (Å²) in [5.41, 5.74) is -0.658. The van der Waals surface area contributed by atoms with Gasteiger partial charge in [-0.3, -0.25) is 0 Å². The quantitative estimate of drug-likeness (QED) is 0.431. The van der Waals surface area contributed by atoms with Crippen LogP contribution in [0.25, 0.3) is 0 Å². The molecule has 0 spiro atoms. The van der Waals surface area contributed by atoms with Crippen LogP contribution in [-0.4, -0.2) is 23.0 Å². The molecular weight excluding hydrogens is 478 g/mol. The van der Waals surface area contributed by atoms with Gasteiger partial charge in [0.25, 0.3) is 0 Å². The number of hydrogen-bond donors (Lipinski definition) is 1. The number of carboxylic acids is 1. The molecule has 0 aliphatic carbocycles. The maximum atomic E-state index is 14.9. The molecule has 0 atom stereocenters. The lowest BCUT2D eigenvalue weighted by molar-refractivity contribution is 0.0688. The Bertz CT molecular complexity index is 1070. The lowest BCUT2D eigenvalue weighted by atomic mass is 9.54. The van der Waals surface area contributed by atoms with E-state index in [4.69, 9.17) is 27.9 Å². The molecule has 10 heteroatoms. The largest absolute Gasteiger partial charge is 0.549 e. The molecule has 0 amide bonds. The summed E-state index contributed by atoms with van der Waals surface area (Å²) < 4.78 is 35.3. The minimum absolute atomic E-state index is 0.0270. The molecular formula is C18H9BBrCl2F2NO3. The van der Waals surface area contributed by atoms with Crippen molar-refractivity contribution in [2.24, 2.45) is 0 Å². The number of aromatic nitrogens is 1. The second-order valence-electron chi connectivity index (χ2n) is 5.58. The van der Waals surface area contributed by atoms with E-state index in [1.165, 1.54) is 42.6 Å². The topological polar surface area (TPSA) is 59.4 Å². The minimum Gasteiger partial charge on any atom is -0.549 e. The predicted octanol–water partition coefficient (Wildman–Crippen LogP) is 4.31. The van der Waals surface area contributed by atoms with Gasteiger partial charge in [0.2, 0.25) is 0 Å². The SMILES string of the molecule is O=C(O)c1ncccc1OB(c1ccc(Cl)cc1F)c1c(Cl)ccc(Br)c1F. The van der Waals surface area contributed by atoms with Crippen LogP contribution < -0.4 is 15.6 Å². The van der Waals surface area contributed by atoms with Crippen molar-refractivity contribution in [3.05, 3.63) is 80.5 Å². The smallest absolute Gasteiger partial charge is 0.434 e. The van der Waals surface area contributed by atoms with Crippen LogP contribution in [-0.2, 0) is 0 Å². The van der Waals surface area contributed by atoms with Crippen LogP contribution in [0.15, 0.2) is 53.1 Å². The predicted molar refractivity (Wildman–Crippen MR) is 107 cm³/mol. The maximum Gasteiger partial charge on any atom is 0.434 e. The zero-order valence-electron chi connectivity index (χ0n) is 13.8. The first kappa shape index (κ1) is 20.6. The molecule has 0 fully saturated rings. The fourth-order valence-corrected chi connectivity index (χ4v) is 3.30. The number of pyridine rings is 1. The van der Waals surface area contributed by atoms with E-state index in [1.54, 1.807) is 0 Å². The highest BCUT2D eigenvalue weighted by Crippen LogP contribution is 2.22. The van der Waals surface area contributed by atoms with E-state index in [-0.39, 0.29) is 31.2 Å². The van der Waals surface area contributed by atoms with Crippen molar-refractivity contribution in [2.45, 2.75) is 0 Å². The van der Waals surface area contributed by atoms with E-state index in [0.717, 1.165) is 6.07 Å². The molecule has 1 N–H and O–H groups in total. The lowest BCUT2D eigenvalue weighted by Crippen LogP contribution is -2.51. The second kappa shape index (κ2) is 8.47. The highest BCUT2D eigenvalue weighted by atomic mass is 79.9. The Morgan fingerprint density at radius 3 is 2.61 bits per heavy atom. The molecule has 0 bridgehead atoms. The number of halogens is 5. The Morgan fingerprint density at radius 1 is 1.18 bits per heavy atom. The molecule has 2 aromatic carbocycles. The van der Waals surface area contributed by atoms with Crippen molar-refractivity contribution in [3.63, 3.8) is 0 Å². The maximum absolute atomic E-state index is 14.9. The highest BCUT2D eigenvalue weighted by molar-refractivity contribution is 9.10. The van der Waals surface area contributed by atoms with Gasteiger partial charge >= 0.3 is 12.9 Å². The van der Waals surface area contributed by atoms with Crippen LogP contribution in [0.3, 0.4) is 0 Å². The van der Waals surface area contributed by atoms with Gasteiger partial charge in [0, 0.05) is 27.2 Å². The molecule has 28 heavy (non-hydrogen) atoms. The second-order valence-corrected chi connectivity index (χ2v) is 7.27. The Balaban J connectivity index is 2.22. The van der Waals surface area contributed by atoms with Gasteiger partial charge in [-0.15, -0.1) is 0 Å². The monoisotopic (exact) mass is 485 g/mol. The number of benzene rings is 2. The first-order valence-corrected chi connectivity index (χ1v) is 9.27. The van der Waals surface area contributed by atoms with Crippen LogP contribution in [0.5, 0.6) is 5.75 Å². The summed E-state index contributed by atoms with van der Waals surface area (Å²) in [4.78, 5) is 15.2. The molecule has 0 aliphatic heterocycles. The van der Waals surface area contributed by atoms with Gasteiger partial charge in [-0.05, 0) is 52.3 Å². The zero-order valence-corrected chi connectivity index (χ0v) is 16.9. The zero-order chi connectivity index (χ0) is 20.4. The van der Waals surface area contributed by atoms with E-state index >= 15 is 0 Å². The average molecular weight is 487 g/mol. The van der Waals surface area contributed by atoms with Gasteiger partial charge in [-0.25, -0.2) is 18.6 Å². The average Bonchev–Trinajstić information content (AvgIpc) is 2.65. The summed E-state index contributed by atoms with van der Waals surface area (Å²) in [6, 6.07) is 9.34. The molecule has 0 aliphatic rings. The standard InChI is InChI=1S/C18H9BBrCl2F2NO3/c20-11-5-6-12(22)15(16(11)24)19(10-4-3-9(21)8-13(10)23)28-14-2-1-7-25-17(14)18(26)27/h1-8H,(H,26,27). The third-order valence-corrected chi connectivity index (χ3v) is 4.98. The van der Waals surface area contributed by atoms with Crippen LogP contribution in [0.4, 0.5) is 8.78 Å². The third-order valence-electron chi connectivity index (χ3n) is 3.80. The Labute approximate surface area is 177 Å². The molecule has 0 saturated carbocycles. The fourth-order valence-electron chi connectivity index (χ4n) is 2.55. The fraction of sp³-hybridized carbons (Fsp3) is 0.